The number of aromatic amines is 1. The number of cyclic esters (lactones) is 1. The van der Waals surface area contributed by atoms with Crippen molar-refractivity contribution in [3.05, 3.63) is 10.6 Å². The number of hydrogen-bond acceptors (Lipinski definition) is 10. The van der Waals surface area contributed by atoms with E-state index in [9.17, 15) is 14.4 Å². The molecule has 0 saturated carbocycles. The average molecular weight is 482 g/mol. The van der Waals surface area contributed by atoms with E-state index in [0.717, 1.165) is 78.3 Å². The molecule has 0 radical (unpaired) electrons. The zero-order valence-corrected chi connectivity index (χ0v) is 19.6. The topological polar surface area (TPSA) is 139 Å². The van der Waals surface area contributed by atoms with Crippen LogP contribution in [0.3, 0.4) is 0 Å². The van der Waals surface area contributed by atoms with Crippen LogP contribution >= 0.6 is 0 Å². The Balaban J connectivity index is 1.07. The lowest BCUT2D eigenvalue weighted by Crippen LogP contribution is -2.49. The largest absolute Gasteiger partial charge is 0.481 e. The molecule has 1 amide bonds. The molecule has 0 spiro atoms. The van der Waals surface area contributed by atoms with E-state index in [0.29, 0.717) is 25.6 Å². The van der Waals surface area contributed by atoms with Gasteiger partial charge in [-0.1, -0.05) is 0 Å². The molecule has 13 heteroatoms. The predicted molar refractivity (Wildman–Crippen MR) is 122 cm³/mol. The van der Waals surface area contributed by atoms with Crippen LogP contribution in [0.15, 0.2) is 9.32 Å². The highest BCUT2D eigenvalue weighted by atomic mass is 16.6. The predicted octanol–water partition coefficient (Wildman–Crippen LogP) is -0.822. The van der Waals surface area contributed by atoms with E-state index in [2.05, 4.69) is 29.4 Å². The highest BCUT2D eigenvalue weighted by molar-refractivity contribution is 5.69. The summed E-state index contributed by atoms with van der Waals surface area (Å²) in [5, 5.41) is 12.6. The SMILES string of the molecule is O=C(O)CCN1CCN(CC2CN(CCCCN3CCN(c4noc(=O)[nH]4)CC3)C(=O)O2)CC1. The normalized spacial score (nSPS) is 22.9. The zero-order chi connectivity index (χ0) is 23.9. The van der Waals surface area contributed by atoms with Crippen molar-refractivity contribution < 1.29 is 24.0 Å². The smallest absolute Gasteiger partial charge is 0.440 e. The summed E-state index contributed by atoms with van der Waals surface area (Å²) in [5.74, 6) is -0.799. The number of aliphatic carboxylic acids is 1. The molecule has 1 aromatic heterocycles. The number of ether oxygens (including phenoxy) is 1. The molecule has 0 bridgehead atoms. The summed E-state index contributed by atoms with van der Waals surface area (Å²) in [4.78, 5) is 47.4. The number of carboxylic acid groups (broad SMARTS) is 1. The molecule has 13 nitrogen and oxygen atoms in total. The van der Waals surface area contributed by atoms with Crippen LogP contribution in [0.1, 0.15) is 19.3 Å². The van der Waals surface area contributed by atoms with Gasteiger partial charge < -0.3 is 24.5 Å². The molecule has 0 aromatic carbocycles. The minimum Gasteiger partial charge on any atom is -0.481 e. The third-order valence-corrected chi connectivity index (χ3v) is 6.77. The number of amides is 1. The van der Waals surface area contributed by atoms with Crippen LogP contribution in [0.25, 0.3) is 0 Å². The van der Waals surface area contributed by atoms with E-state index < -0.39 is 11.7 Å². The molecule has 4 heterocycles. The zero-order valence-electron chi connectivity index (χ0n) is 19.6. The first-order valence-electron chi connectivity index (χ1n) is 12.1. The van der Waals surface area contributed by atoms with Crippen molar-refractivity contribution in [1.29, 1.82) is 0 Å². The molecular formula is C21H35N7O6. The second-order valence-electron chi connectivity index (χ2n) is 9.19. The third kappa shape index (κ3) is 6.93. The quantitative estimate of drug-likeness (QED) is 0.383. The number of rotatable bonds is 11. The second-order valence-corrected chi connectivity index (χ2v) is 9.19. The molecule has 2 N–H and O–H groups in total. The minimum absolute atomic E-state index is 0.103. The Morgan fingerprint density at radius 1 is 0.941 bits per heavy atom. The molecule has 3 fully saturated rings. The first-order chi connectivity index (χ1) is 16.5. The maximum absolute atomic E-state index is 12.3. The van der Waals surface area contributed by atoms with Gasteiger partial charge in [-0.2, -0.15) is 0 Å². The second kappa shape index (κ2) is 11.7. The first kappa shape index (κ1) is 24.5. The van der Waals surface area contributed by atoms with Crippen LogP contribution in [-0.4, -0.2) is 138 Å². The molecule has 3 saturated heterocycles. The number of hydrogen-bond donors (Lipinski definition) is 2. The average Bonchev–Trinajstić information content (AvgIpc) is 3.41. The van der Waals surface area contributed by atoms with Gasteiger partial charge in [0.05, 0.1) is 13.0 Å². The van der Waals surface area contributed by atoms with E-state index in [1.165, 1.54) is 0 Å². The highest BCUT2D eigenvalue weighted by Crippen LogP contribution is 2.15. The Hall–Kier alpha value is -2.64. The molecule has 3 aliphatic rings. The number of piperazine rings is 2. The van der Waals surface area contributed by atoms with Crippen LogP contribution in [0.2, 0.25) is 0 Å². The summed E-state index contributed by atoms with van der Waals surface area (Å²) in [6, 6.07) is 0. The van der Waals surface area contributed by atoms with Gasteiger partial charge in [0.1, 0.15) is 6.10 Å². The van der Waals surface area contributed by atoms with E-state index >= 15 is 0 Å². The Morgan fingerprint density at radius 2 is 1.59 bits per heavy atom. The van der Waals surface area contributed by atoms with E-state index in [-0.39, 0.29) is 18.6 Å². The monoisotopic (exact) mass is 481 g/mol. The molecule has 1 atom stereocenters. The van der Waals surface area contributed by atoms with E-state index in [1.54, 1.807) is 0 Å². The van der Waals surface area contributed by atoms with Crippen LogP contribution < -0.4 is 10.7 Å². The third-order valence-electron chi connectivity index (χ3n) is 6.77. The number of H-pyrrole nitrogens is 1. The van der Waals surface area contributed by atoms with Crippen LogP contribution in [0, 0.1) is 0 Å². The summed E-state index contributed by atoms with van der Waals surface area (Å²) in [5.41, 5.74) is 0. The fraction of sp³-hybridized carbons (Fsp3) is 0.810. The van der Waals surface area contributed by atoms with Gasteiger partial charge in [0.15, 0.2) is 0 Å². The molecule has 1 aromatic rings. The Labute approximate surface area is 198 Å². The van der Waals surface area contributed by atoms with E-state index in [1.807, 2.05) is 9.80 Å². The molecular weight excluding hydrogens is 446 g/mol. The molecule has 34 heavy (non-hydrogen) atoms. The Kier molecular flexibility index (Phi) is 8.40. The van der Waals surface area contributed by atoms with Gasteiger partial charge in [0, 0.05) is 72.0 Å². The lowest BCUT2D eigenvalue weighted by Gasteiger charge is -2.35. The highest BCUT2D eigenvalue weighted by Gasteiger charge is 2.32. The van der Waals surface area contributed by atoms with Gasteiger partial charge in [-0.15, -0.1) is 0 Å². The van der Waals surface area contributed by atoms with Crippen LogP contribution in [0.4, 0.5) is 10.7 Å². The fourth-order valence-electron chi connectivity index (χ4n) is 4.77. The van der Waals surface area contributed by atoms with Crippen molar-refractivity contribution in [3.63, 3.8) is 0 Å². The van der Waals surface area contributed by atoms with Gasteiger partial charge in [-0.05, 0) is 24.5 Å². The lowest BCUT2D eigenvalue weighted by molar-refractivity contribution is -0.137. The minimum atomic E-state index is -0.760. The molecule has 4 rings (SSSR count). The molecule has 3 aliphatic heterocycles. The summed E-state index contributed by atoms with van der Waals surface area (Å²) in [7, 11) is 0. The van der Waals surface area contributed by atoms with Gasteiger partial charge >= 0.3 is 17.8 Å². The van der Waals surface area contributed by atoms with Crippen molar-refractivity contribution in [2.24, 2.45) is 0 Å². The van der Waals surface area contributed by atoms with Gasteiger partial charge in [0.25, 0.3) is 0 Å². The lowest BCUT2D eigenvalue weighted by atomic mass is 10.2. The standard InChI is InChI=1S/C21H35N7O6/c29-18(30)3-6-25-7-9-26(10-8-25)15-17-16-28(21(32)33-17)5-2-1-4-24-11-13-27(14-12-24)19-22-20(31)34-23-19/h17H,1-16H2,(H,29,30)(H,22,23,31). The summed E-state index contributed by atoms with van der Waals surface area (Å²) >= 11 is 0. The van der Waals surface area contributed by atoms with Crippen molar-refractivity contribution in [1.82, 2.24) is 29.7 Å². The van der Waals surface area contributed by atoms with Gasteiger partial charge in [0.2, 0.25) is 5.95 Å². The number of carboxylic acids is 1. The maximum atomic E-state index is 12.3. The first-order valence-corrected chi connectivity index (χ1v) is 12.1. The maximum Gasteiger partial charge on any atom is 0.440 e. The van der Waals surface area contributed by atoms with Gasteiger partial charge in [-0.25, -0.2) is 9.59 Å². The van der Waals surface area contributed by atoms with Crippen molar-refractivity contribution in [2.75, 3.05) is 90.0 Å². The van der Waals surface area contributed by atoms with Crippen LogP contribution in [0.5, 0.6) is 0 Å². The fourth-order valence-corrected chi connectivity index (χ4v) is 4.77. The number of carbonyl (C=O) groups excluding carboxylic acids is 1. The summed E-state index contributed by atoms with van der Waals surface area (Å²) in [6.07, 6.45) is 1.79. The summed E-state index contributed by atoms with van der Waals surface area (Å²) in [6.45, 7) is 10.4. The van der Waals surface area contributed by atoms with Crippen molar-refractivity contribution in [3.8, 4) is 0 Å². The molecule has 190 valence electrons. The number of carbonyl (C=O) groups is 2. The number of nitrogens with one attached hydrogen (secondary N) is 1. The van der Waals surface area contributed by atoms with Crippen molar-refractivity contribution in [2.45, 2.75) is 25.4 Å². The number of nitrogens with zero attached hydrogens (tertiary/aromatic N) is 6. The number of aromatic nitrogens is 2. The van der Waals surface area contributed by atoms with Crippen molar-refractivity contribution >= 4 is 18.0 Å². The van der Waals surface area contributed by atoms with Gasteiger partial charge in [-0.3, -0.25) is 24.1 Å². The number of anilines is 1. The van der Waals surface area contributed by atoms with E-state index in [4.69, 9.17) is 9.84 Å². The molecule has 0 aliphatic carbocycles. The summed E-state index contributed by atoms with van der Waals surface area (Å²) < 4.78 is 10.2. The molecule has 1 unspecified atom stereocenters. The Bertz CT molecular complexity index is 860. The van der Waals surface area contributed by atoms with Crippen LogP contribution in [-0.2, 0) is 9.53 Å². The number of unbranched alkanes of at least 4 members (excludes halogenated alkanes) is 1. The Morgan fingerprint density at radius 3 is 2.26 bits per heavy atom.